The molecule has 0 aromatic heterocycles. The van der Waals surface area contributed by atoms with E-state index in [-0.39, 0.29) is 5.91 Å². The summed E-state index contributed by atoms with van der Waals surface area (Å²) in [5.41, 5.74) is 1.38. The van der Waals surface area contributed by atoms with E-state index in [0.29, 0.717) is 10.6 Å². The highest BCUT2D eigenvalue weighted by Gasteiger charge is 2.02. The Balaban J connectivity index is 2.15. The van der Waals surface area contributed by atoms with Crippen LogP contribution in [0.5, 0.6) is 0 Å². The van der Waals surface area contributed by atoms with Crippen molar-refractivity contribution in [1.82, 2.24) is 0 Å². The predicted octanol–water partition coefficient (Wildman–Crippen LogP) is 3.60. The fourth-order valence-corrected chi connectivity index (χ4v) is 1.56. The molecule has 0 aliphatic carbocycles. The number of amides is 1. The molecule has 0 aliphatic heterocycles. The molecule has 2 aromatic carbocycles. The first-order chi connectivity index (χ1) is 8.25. The molecular formula is C14H10ClNO. The van der Waals surface area contributed by atoms with E-state index in [1.807, 2.05) is 30.3 Å². The zero-order chi connectivity index (χ0) is 12.1. The molecule has 0 unspecified atom stereocenters. The third-order valence-electron chi connectivity index (χ3n) is 2.20. The SMILES string of the molecule is O=C(N=Cc1ccccc1)c1cccc(Cl)c1. The summed E-state index contributed by atoms with van der Waals surface area (Å²) in [4.78, 5) is 15.6. The van der Waals surface area contributed by atoms with Crippen LogP contribution < -0.4 is 0 Å². The van der Waals surface area contributed by atoms with Crippen molar-refractivity contribution in [2.75, 3.05) is 0 Å². The van der Waals surface area contributed by atoms with Gasteiger partial charge < -0.3 is 0 Å². The van der Waals surface area contributed by atoms with Crippen LogP contribution in [0.2, 0.25) is 5.02 Å². The van der Waals surface area contributed by atoms with Crippen LogP contribution in [-0.2, 0) is 0 Å². The Morgan fingerprint density at radius 2 is 1.82 bits per heavy atom. The van der Waals surface area contributed by atoms with Crippen molar-refractivity contribution < 1.29 is 4.79 Å². The maximum Gasteiger partial charge on any atom is 0.277 e. The normalized spacial score (nSPS) is 10.6. The molecule has 0 saturated carbocycles. The Morgan fingerprint density at radius 1 is 1.06 bits per heavy atom. The zero-order valence-corrected chi connectivity index (χ0v) is 9.76. The Hall–Kier alpha value is -1.93. The van der Waals surface area contributed by atoms with Crippen molar-refractivity contribution in [1.29, 1.82) is 0 Å². The summed E-state index contributed by atoms with van der Waals surface area (Å²) < 4.78 is 0. The summed E-state index contributed by atoms with van der Waals surface area (Å²) in [6, 6.07) is 16.2. The highest BCUT2D eigenvalue weighted by Crippen LogP contribution is 2.11. The molecule has 0 heterocycles. The van der Waals surface area contributed by atoms with Gasteiger partial charge in [-0.1, -0.05) is 48.0 Å². The molecule has 0 atom stereocenters. The first-order valence-corrected chi connectivity index (χ1v) is 5.52. The first-order valence-electron chi connectivity index (χ1n) is 5.15. The molecule has 84 valence electrons. The number of hydrogen-bond donors (Lipinski definition) is 0. The van der Waals surface area contributed by atoms with Crippen molar-refractivity contribution in [3.05, 3.63) is 70.7 Å². The Kier molecular flexibility index (Phi) is 3.68. The van der Waals surface area contributed by atoms with E-state index in [9.17, 15) is 4.79 Å². The first kappa shape index (κ1) is 11.6. The van der Waals surface area contributed by atoms with Crippen LogP contribution in [0.3, 0.4) is 0 Å². The number of nitrogens with zero attached hydrogens (tertiary/aromatic N) is 1. The maximum atomic E-state index is 11.7. The summed E-state index contributed by atoms with van der Waals surface area (Å²) in [6.07, 6.45) is 1.54. The lowest BCUT2D eigenvalue weighted by atomic mass is 10.2. The molecule has 1 amide bonds. The average molecular weight is 244 g/mol. The third kappa shape index (κ3) is 3.26. The molecule has 2 nitrogen and oxygen atoms in total. The molecule has 17 heavy (non-hydrogen) atoms. The Labute approximate surface area is 105 Å². The van der Waals surface area contributed by atoms with Gasteiger partial charge in [0, 0.05) is 16.8 Å². The van der Waals surface area contributed by atoms with Crippen LogP contribution in [0, 0.1) is 0 Å². The van der Waals surface area contributed by atoms with Crippen LogP contribution in [0.15, 0.2) is 59.6 Å². The lowest BCUT2D eigenvalue weighted by Crippen LogP contribution is -1.95. The topological polar surface area (TPSA) is 29.4 Å². The van der Waals surface area contributed by atoms with Gasteiger partial charge in [0.2, 0.25) is 0 Å². The summed E-state index contributed by atoms with van der Waals surface area (Å²) in [5, 5.41) is 0.533. The molecular weight excluding hydrogens is 234 g/mol. The lowest BCUT2D eigenvalue weighted by Gasteiger charge is -1.95. The van der Waals surface area contributed by atoms with Gasteiger partial charge in [0.15, 0.2) is 0 Å². The van der Waals surface area contributed by atoms with E-state index >= 15 is 0 Å². The van der Waals surface area contributed by atoms with Gasteiger partial charge in [-0.3, -0.25) is 4.79 Å². The Bertz CT molecular complexity index is 549. The van der Waals surface area contributed by atoms with E-state index < -0.39 is 0 Å². The number of carbonyl (C=O) groups is 1. The van der Waals surface area contributed by atoms with Crippen LogP contribution in [0.4, 0.5) is 0 Å². The van der Waals surface area contributed by atoms with Crippen LogP contribution in [0.25, 0.3) is 0 Å². The fourth-order valence-electron chi connectivity index (χ4n) is 1.37. The standard InChI is InChI=1S/C14H10ClNO/c15-13-8-4-7-12(9-13)14(17)16-10-11-5-2-1-3-6-11/h1-10H. The number of rotatable bonds is 2. The minimum Gasteiger partial charge on any atom is -0.267 e. The molecule has 0 bridgehead atoms. The summed E-state index contributed by atoms with van der Waals surface area (Å²) in [6.45, 7) is 0. The molecule has 2 rings (SSSR count). The molecule has 0 fully saturated rings. The van der Waals surface area contributed by atoms with Gasteiger partial charge >= 0.3 is 0 Å². The van der Waals surface area contributed by atoms with Crippen molar-refractivity contribution in [3.63, 3.8) is 0 Å². The average Bonchev–Trinajstić information content (AvgIpc) is 2.37. The monoisotopic (exact) mass is 243 g/mol. The second-order valence-corrected chi connectivity index (χ2v) is 3.92. The van der Waals surface area contributed by atoms with Crippen molar-refractivity contribution in [3.8, 4) is 0 Å². The number of halogens is 1. The quantitative estimate of drug-likeness (QED) is 0.741. The van der Waals surface area contributed by atoms with Crippen LogP contribution >= 0.6 is 11.6 Å². The van der Waals surface area contributed by atoms with Crippen molar-refractivity contribution in [2.45, 2.75) is 0 Å². The zero-order valence-electron chi connectivity index (χ0n) is 9.01. The highest BCUT2D eigenvalue weighted by molar-refractivity contribution is 6.31. The van der Waals surface area contributed by atoms with E-state index in [4.69, 9.17) is 11.6 Å². The minimum absolute atomic E-state index is 0.295. The number of hydrogen-bond acceptors (Lipinski definition) is 1. The van der Waals surface area contributed by atoms with Crippen LogP contribution in [0.1, 0.15) is 15.9 Å². The van der Waals surface area contributed by atoms with E-state index in [2.05, 4.69) is 4.99 Å². The molecule has 0 aliphatic rings. The largest absolute Gasteiger partial charge is 0.277 e. The van der Waals surface area contributed by atoms with Gasteiger partial charge in [-0.15, -0.1) is 0 Å². The number of benzene rings is 2. The third-order valence-corrected chi connectivity index (χ3v) is 2.44. The van der Waals surface area contributed by atoms with Gasteiger partial charge in [0.25, 0.3) is 5.91 Å². The molecule has 0 N–H and O–H groups in total. The summed E-state index contributed by atoms with van der Waals surface area (Å²) >= 11 is 5.80. The van der Waals surface area contributed by atoms with Crippen LogP contribution in [-0.4, -0.2) is 12.1 Å². The molecule has 0 saturated heterocycles. The van der Waals surface area contributed by atoms with Gasteiger partial charge in [-0.25, -0.2) is 4.99 Å². The smallest absolute Gasteiger partial charge is 0.267 e. The number of aliphatic imine (C=N–C) groups is 1. The van der Waals surface area contributed by atoms with E-state index in [0.717, 1.165) is 5.56 Å². The van der Waals surface area contributed by atoms with Crippen molar-refractivity contribution in [2.24, 2.45) is 4.99 Å². The summed E-state index contributed by atoms with van der Waals surface area (Å²) in [7, 11) is 0. The fraction of sp³-hybridized carbons (Fsp3) is 0. The second kappa shape index (κ2) is 5.41. The molecule has 0 radical (unpaired) electrons. The minimum atomic E-state index is -0.295. The predicted molar refractivity (Wildman–Crippen MR) is 69.8 cm³/mol. The second-order valence-electron chi connectivity index (χ2n) is 3.48. The number of carbonyl (C=O) groups excluding carboxylic acids is 1. The molecule has 0 spiro atoms. The van der Waals surface area contributed by atoms with Gasteiger partial charge in [-0.05, 0) is 23.8 Å². The molecule has 2 aromatic rings. The lowest BCUT2D eigenvalue weighted by molar-refractivity contribution is 0.100. The van der Waals surface area contributed by atoms with E-state index in [1.54, 1.807) is 30.5 Å². The summed E-state index contributed by atoms with van der Waals surface area (Å²) in [5.74, 6) is -0.295. The van der Waals surface area contributed by atoms with Gasteiger partial charge in [0.1, 0.15) is 0 Å². The van der Waals surface area contributed by atoms with Gasteiger partial charge in [-0.2, -0.15) is 0 Å². The maximum absolute atomic E-state index is 11.7. The van der Waals surface area contributed by atoms with E-state index in [1.165, 1.54) is 0 Å². The van der Waals surface area contributed by atoms with Crippen molar-refractivity contribution >= 4 is 23.7 Å². The van der Waals surface area contributed by atoms with Gasteiger partial charge in [0.05, 0.1) is 0 Å². The Morgan fingerprint density at radius 3 is 2.53 bits per heavy atom. The highest BCUT2D eigenvalue weighted by atomic mass is 35.5. The molecule has 3 heteroatoms.